The number of hydrogen-bond donors (Lipinski definition) is 8. The number of carbonyl (C=O) groups is 5. The third-order valence-electron chi connectivity index (χ3n) is 3.45. The first-order chi connectivity index (χ1) is 13.5. The number of nitrogens with two attached hydrogens (primary N) is 3. The van der Waals surface area contributed by atoms with Crippen LogP contribution >= 0.6 is 0 Å². The van der Waals surface area contributed by atoms with Crippen molar-refractivity contribution in [2.75, 3.05) is 19.6 Å². The smallest absolute Gasteiger partial charge is 0.326 e. The quantitative estimate of drug-likeness (QED) is 0.0772. The van der Waals surface area contributed by atoms with Gasteiger partial charge in [0.1, 0.15) is 6.04 Å². The van der Waals surface area contributed by atoms with Crippen LogP contribution in [0.2, 0.25) is 0 Å². The summed E-state index contributed by atoms with van der Waals surface area (Å²) < 4.78 is 0. The largest absolute Gasteiger partial charge is 0.481 e. The molecule has 0 aliphatic carbocycles. The first-order valence-corrected chi connectivity index (χ1v) is 8.62. The van der Waals surface area contributed by atoms with Crippen molar-refractivity contribution in [3.63, 3.8) is 0 Å². The molecule has 0 aromatic carbocycles. The van der Waals surface area contributed by atoms with E-state index in [9.17, 15) is 24.0 Å². The van der Waals surface area contributed by atoms with Crippen molar-refractivity contribution in [1.29, 1.82) is 0 Å². The second kappa shape index (κ2) is 13.7. The number of nitrogens with zero attached hydrogens (tertiary/aromatic N) is 1. The molecule has 0 aliphatic rings. The molecule has 0 heterocycles. The Labute approximate surface area is 166 Å². The lowest BCUT2D eigenvalue weighted by Gasteiger charge is -2.15. The standard InChI is InChI=1S/C15H27N7O7/c16-8(3-4-12(25)26)13(27)21-6-10(23)20-7-11(24)22-9(14(28)29)2-1-5-19-15(17)18/h8-9H,1-7,16H2,(H,20,23)(H,21,27)(H,22,24)(H,25,26)(H,28,29)(H4,17,18,19). The van der Waals surface area contributed by atoms with E-state index in [-0.39, 0.29) is 31.8 Å². The second-order valence-corrected chi connectivity index (χ2v) is 5.94. The van der Waals surface area contributed by atoms with E-state index in [1.54, 1.807) is 0 Å². The van der Waals surface area contributed by atoms with Gasteiger partial charge in [-0.05, 0) is 19.3 Å². The van der Waals surface area contributed by atoms with Crippen LogP contribution in [0.25, 0.3) is 0 Å². The van der Waals surface area contributed by atoms with Gasteiger partial charge in [0.25, 0.3) is 0 Å². The van der Waals surface area contributed by atoms with E-state index in [1.165, 1.54) is 0 Å². The van der Waals surface area contributed by atoms with E-state index < -0.39 is 54.8 Å². The van der Waals surface area contributed by atoms with Crippen LogP contribution in [0.15, 0.2) is 4.99 Å². The summed E-state index contributed by atoms with van der Waals surface area (Å²) in [4.78, 5) is 60.3. The Morgan fingerprint density at radius 3 is 2.10 bits per heavy atom. The molecule has 164 valence electrons. The molecule has 0 saturated heterocycles. The molecule has 0 aliphatic heterocycles. The zero-order valence-corrected chi connectivity index (χ0v) is 15.7. The van der Waals surface area contributed by atoms with Crippen LogP contribution in [0.5, 0.6) is 0 Å². The maximum absolute atomic E-state index is 11.8. The van der Waals surface area contributed by atoms with Crippen LogP contribution < -0.4 is 33.2 Å². The molecule has 2 unspecified atom stereocenters. The summed E-state index contributed by atoms with van der Waals surface area (Å²) in [5.74, 6) is -4.64. The highest BCUT2D eigenvalue weighted by Crippen LogP contribution is 1.98. The Bertz CT molecular complexity index is 635. The molecule has 0 bridgehead atoms. The number of carbonyl (C=O) groups excluding carboxylic acids is 3. The zero-order chi connectivity index (χ0) is 22.4. The monoisotopic (exact) mass is 417 g/mol. The first kappa shape index (κ1) is 25.6. The van der Waals surface area contributed by atoms with Gasteiger partial charge in [-0.15, -0.1) is 0 Å². The molecule has 3 amide bonds. The minimum atomic E-state index is -1.25. The van der Waals surface area contributed by atoms with Gasteiger partial charge in [0.15, 0.2) is 5.96 Å². The number of rotatable bonds is 14. The summed E-state index contributed by atoms with van der Waals surface area (Å²) in [6.07, 6.45) is 0.00830. The summed E-state index contributed by atoms with van der Waals surface area (Å²) in [6, 6.07) is -2.27. The molecule has 0 saturated carbocycles. The minimum Gasteiger partial charge on any atom is -0.481 e. The van der Waals surface area contributed by atoms with Crippen LogP contribution in [0.3, 0.4) is 0 Å². The molecule has 0 radical (unpaired) electrons. The average Bonchev–Trinajstić information content (AvgIpc) is 2.64. The van der Waals surface area contributed by atoms with Gasteiger partial charge in [-0.25, -0.2) is 4.79 Å². The van der Waals surface area contributed by atoms with Crippen LogP contribution in [0, 0.1) is 0 Å². The van der Waals surface area contributed by atoms with Crippen molar-refractivity contribution in [2.24, 2.45) is 22.2 Å². The first-order valence-electron chi connectivity index (χ1n) is 8.62. The third kappa shape index (κ3) is 13.4. The number of hydrogen-bond acceptors (Lipinski definition) is 7. The summed E-state index contributed by atoms with van der Waals surface area (Å²) in [6.45, 7) is -0.780. The van der Waals surface area contributed by atoms with Gasteiger partial charge < -0.3 is 43.4 Å². The average molecular weight is 417 g/mol. The van der Waals surface area contributed by atoms with Gasteiger partial charge in [0, 0.05) is 13.0 Å². The van der Waals surface area contributed by atoms with Crippen molar-refractivity contribution < 1.29 is 34.2 Å². The fourth-order valence-electron chi connectivity index (χ4n) is 1.96. The van der Waals surface area contributed by atoms with Crippen molar-refractivity contribution in [2.45, 2.75) is 37.8 Å². The number of guanidine groups is 1. The number of amides is 3. The van der Waals surface area contributed by atoms with Gasteiger partial charge in [-0.1, -0.05) is 0 Å². The second-order valence-electron chi connectivity index (χ2n) is 5.94. The van der Waals surface area contributed by atoms with Crippen LogP contribution in [0.4, 0.5) is 0 Å². The maximum Gasteiger partial charge on any atom is 0.326 e. The number of carboxylic acid groups (broad SMARTS) is 2. The molecule has 14 nitrogen and oxygen atoms in total. The molecular weight excluding hydrogens is 390 g/mol. The number of aliphatic imine (C=N–C) groups is 1. The lowest BCUT2D eigenvalue weighted by Crippen LogP contribution is -2.48. The number of carboxylic acids is 2. The number of aliphatic carboxylic acids is 2. The highest BCUT2D eigenvalue weighted by Gasteiger charge is 2.20. The summed E-state index contributed by atoms with van der Waals surface area (Å²) >= 11 is 0. The predicted octanol–water partition coefficient (Wildman–Crippen LogP) is -3.97. The van der Waals surface area contributed by atoms with E-state index >= 15 is 0 Å². The van der Waals surface area contributed by atoms with Crippen molar-refractivity contribution in [1.82, 2.24) is 16.0 Å². The van der Waals surface area contributed by atoms with Gasteiger partial charge in [0.2, 0.25) is 17.7 Å². The van der Waals surface area contributed by atoms with E-state index in [0.717, 1.165) is 0 Å². The van der Waals surface area contributed by atoms with E-state index in [2.05, 4.69) is 20.9 Å². The van der Waals surface area contributed by atoms with Crippen molar-refractivity contribution >= 4 is 35.6 Å². The van der Waals surface area contributed by atoms with Gasteiger partial charge in [-0.2, -0.15) is 0 Å². The summed E-state index contributed by atoms with van der Waals surface area (Å²) in [7, 11) is 0. The van der Waals surface area contributed by atoms with Crippen molar-refractivity contribution in [3.05, 3.63) is 0 Å². The molecule has 0 rings (SSSR count). The summed E-state index contributed by atoms with van der Waals surface area (Å²) in [5.41, 5.74) is 15.8. The fraction of sp³-hybridized carbons (Fsp3) is 0.600. The highest BCUT2D eigenvalue weighted by atomic mass is 16.4. The van der Waals surface area contributed by atoms with E-state index in [0.29, 0.717) is 6.42 Å². The highest BCUT2D eigenvalue weighted by molar-refractivity contribution is 5.90. The molecule has 0 aromatic rings. The maximum atomic E-state index is 11.8. The Hall–Kier alpha value is -3.42. The fourth-order valence-corrected chi connectivity index (χ4v) is 1.96. The molecule has 11 N–H and O–H groups in total. The Morgan fingerprint density at radius 1 is 0.931 bits per heavy atom. The molecule has 29 heavy (non-hydrogen) atoms. The normalized spacial score (nSPS) is 12.2. The number of nitrogens with one attached hydrogen (secondary N) is 3. The van der Waals surface area contributed by atoms with E-state index in [1.807, 2.05) is 0 Å². The molecule has 0 spiro atoms. The molecule has 0 aromatic heterocycles. The Morgan fingerprint density at radius 2 is 1.55 bits per heavy atom. The van der Waals surface area contributed by atoms with Gasteiger partial charge >= 0.3 is 11.9 Å². The lowest BCUT2D eigenvalue weighted by atomic mass is 10.1. The molecular formula is C15H27N7O7. The van der Waals surface area contributed by atoms with Gasteiger partial charge in [0.05, 0.1) is 19.1 Å². The van der Waals surface area contributed by atoms with Gasteiger partial charge in [-0.3, -0.25) is 24.2 Å². The summed E-state index contributed by atoms with van der Waals surface area (Å²) in [5, 5.41) is 24.3. The SMILES string of the molecule is NC(N)=NCCCC(NC(=O)CNC(=O)CNC(=O)C(N)CCC(=O)O)C(=O)O. The molecule has 0 fully saturated rings. The van der Waals surface area contributed by atoms with Crippen LogP contribution in [0.1, 0.15) is 25.7 Å². The molecule has 14 heteroatoms. The Balaban J connectivity index is 4.21. The third-order valence-corrected chi connectivity index (χ3v) is 3.45. The topological polar surface area (TPSA) is 252 Å². The Kier molecular flexibility index (Phi) is 12.1. The molecule has 2 atom stereocenters. The van der Waals surface area contributed by atoms with E-state index in [4.69, 9.17) is 27.4 Å². The van der Waals surface area contributed by atoms with Crippen LogP contribution in [-0.2, 0) is 24.0 Å². The predicted molar refractivity (Wildman–Crippen MR) is 100 cm³/mol. The zero-order valence-electron chi connectivity index (χ0n) is 15.7. The van der Waals surface area contributed by atoms with Crippen molar-refractivity contribution in [3.8, 4) is 0 Å². The van der Waals surface area contributed by atoms with Crippen LogP contribution in [-0.4, -0.2) is 77.6 Å². The minimum absolute atomic E-state index is 0.0795. The lowest BCUT2D eigenvalue weighted by molar-refractivity contribution is -0.142.